The topological polar surface area (TPSA) is 17.1 Å². The molecule has 1 atom stereocenters. The van der Waals surface area contributed by atoms with Crippen molar-refractivity contribution in [2.75, 3.05) is 0 Å². The first kappa shape index (κ1) is 10.7. The fourth-order valence-corrected chi connectivity index (χ4v) is 1.12. The van der Waals surface area contributed by atoms with Gasteiger partial charge in [-0.1, -0.05) is 34.1 Å². The Morgan fingerprint density at radius 1 is 1.45 bits per heavy atom. The largest absolute Gasteiger partial charge is 0.300 e. The lowest BCUT2D eigenvalue weighted by atomic mass is 9.80. The van der Waals surface area contributed by atoms with Crippen molar-refractivity contribution in [1.29, 1.82) is 0 Å². The number of carbonyl (C=O) groups excluding carboxylic acids is 1. The van der Waals surface area contributed by atoms with E-state index in [1.165, 1.54) is 0 Å². The second-order valence-corrected chi connectivity index (χ2v) is 4.23. The molecule has 0 radical (unpaired) electrons. The predicted octanol–water partition coefficient (Wildman–Crippen LogP) is 3.04. The van der Waals surface area contributed by atoms with Crippen molar-refractivity contribution in [3.63, 3.8) is 0 Å². The van der Waals surface area contributed by atoms with Gasteiger partial charge in [0.2, 0.25) is 0 Å². The first-order valence-electron chi connectivity index (χ1n) is 4.39. The van der Waals surface area contributed by atoms with Crippen LogP contribution in [-0.4, -0.2) is 5.78 Å². The Hall–Kier alpha value is -0.330. The molecule has 0 fully saturated rings. The van der Waals surface area contributed by atoms with E-state index in [0.717, 1.165) is 12.8 Å². The van der Waals surface area contributed by atoms with Crippen LogP contribution in [0.1, 0.15) is 47.5 Å². The third kappa shape index (κ3) is 4.18. The van der Waals surface area contributed by atoms with Crippen LogP contribution in [0.3, 0.4) is 0 Å². The minimum atomic E-state index is 0.227. The van der Waals surface area contributed by atoms with Gasteiger partial charge < -0.3 is 0 Å². The molecular weight excluding hydrogens is 136 g/mol. The van der Waals surface area contributed by atoms with E-state index >= 15 is 0 Å². The Labute approximate surface area is 70.2 Å². The standard InChI is InChI=1S/C10H20O/c1-6-10(4,5)7-8(2)9(3)11/h8H,6-7H2,1-5H3/t8-/m0/s1. The molecule has 0 aliphatic heterocycles. The smallest absolute Gasteiger partial charge is 0.132 e. The molecule has 0 heterocycles. The fourth-order valence-electron chi connectivity index (χ4n) is 1.12. The molecule has 0 N–H and O–H groups in total. The number of Topliss-reactive ketones (excluding diaryl/α,β-unsaturated/α-hetero) is 1. The zero-order valence-electron chi connectivity index (χ0n) is 8.40. The van der Waals surface area contributed by atoms with Crippen LogP contribution >= 0.6 is 0 Å². The van der Waals surface area contributed by atoms with Gasteiger partial charge in [-0.05, 0) is 18.8 Å². The van der Waals surface area contributed by atoms with Crippen molar-refractivity contribution in [2.45, 2.75) is 47.5 Å². The molecule has 0 bridgehead atoms. The molecule has 0 unspecified atom stereocenters. The first-order valence-corrected chi connectivity index (χ1v) is 4.39. The minimum absolute atomic E-state index is 0.227. The number of hydrogen-bond donors (Lipinski definition) is 0. The van der Waals surface area contributed by atoms with Gasteiger partial charge >= 0.3 is 0 Å². The Kier molecular flexibility index (Phi) is 3.77. The van der Waals surface area contributed by atoms with Gasteiger partial charge in [0.25, 0.3) is 0 Å². The maximum atomic E-state index is 10.9. The van der Waals surface area contributed by atoms with E-state index in [9.17, 15) is 4.79 Å². The van der Waals surface area contributed by atoms with E-state index < -0.39 is 0 Å². The maximum Gasteiger partial charge on any atom is 0.132 e. The molecule has 0 saturated carbocycles. The summed E-state index contributed by atoms with van der Waals surface area (Å²) in [7, 11) is 0. The van der Waals surface area contributed by atoms with Crippen molar-refractivity contribution >= 4 is 5.78 Å². The lowest BCUT2D eigenvalue weighted by Gasteiger charge is -2.25. The van der Waals surface area contributed by atoms with Crippen LogP contribution < -0.4 is 0 Å². The van der Waals surface area contributed by atoms with Crippen molar-refractivity contribution in [1.82, 2.24) is 0 Å². The fraction of sp³-hybridized carbons (Fsp3) is 0.900. The van der Waals surface area contributed by atoms with Crippen LogP contribution in [0, 0.1) is 11.3 Å². The van der Waals surface area contributed by atoms with Gasteiger partial charge in [-0.2, -0.15) is 0 Å². The molecule has 0 aromatic carbocycles. The summed E-state index contributed by atoms with van der Waals surface area (Å²) in [6.45, 7) is 10.3. The number of hydrogen-bond acceptors (Lipinski definition) is 1. The van der Waals surface area contributed by atoms with Crippen LogP contribution in [0.15, 0.2) is 0 Å². The van der Waals surface area contributed by atoms with Gasteiger partial charge in [0.05, 0.1) is 0 Å². The molecule has 0 aromatic rings. The van der Waals surface area contributed by atoms with Crippen molar-refractivity contribution in [3.05, 3.63) is 0 Å². The summed E-state index contributed by atoms with van der Waals surface area (Å²) in [5, 5.41) is 0. The van der Waals surface area contributed by atoms with Crippen LogP contribution in [0.5, 0.6) is 0 Å². The summed E-state index contributed by atoms with van der Waals surface area (Å²) >= 11 is 0. The Morgan fingerprint density at radius 3 is 2.18 bits per heavy atom. The van der Waals surface area contributed by atoms with E-state index in [2.05, 4.69) is 20.8 Å². The molecular formula is C10H20O. The highest BCUT2D eigenvalue weighted by Gasteiger charge is 2.20. The van der Waals surface area contributed by atoms with Crippen LogP contribution in [0.4, 0.5) is 0 Å². The summed E-state index contributed by atoms with van der Waals surface area (Å²) in [5.74, 6) is 0.538. The molecule has 1 heteroatoms. The van der Waals surface area contributed by atoms with E-state index in [1.807, 2.05) is 6.92 Å². The quantitative estimate of drug-likeness (QED) is 0.611. The van der Waals surface area contributed by atoms with Crippen molar-refractivity contribution in [2.24, 2.45) is 11.3 Å². The van der Waals surface area contributed by atoms with Gasteiger partial charge in [0, 0.05) is 5.92 Å². The van der Waals surface area contributed by atoms with E-state index in [0.29, 0.717) is 11.2 Å². The lowest BCUT2D eigenvalue weighted by Crippen LogP contribution is -2.18. The predicted molar refractivity (Wildman–Crippen MR) is 48.5 cm³/mol. The van der Waals surface area contributed by atoms with E-state index in [-0.39, 0.29) is 5.92 Å². The average molecular weight is 156 g/mol. The van der Waals surface area contributed by atoms with Crippen LogP contribution in [0.2, 0.25) is 0 Å². The monoisotopic (exact) mass is 156 g/mol. The highest BCUT2D eigenvalue weighted by Crippen LogP contribution is 2.28. The summed E-state index contributed by atoms with van der Waals surface area (Å²) in [6.07, 6.45) is 2.16. The zero-order chi connectivity index (χ0) is 9.07. The second kappa shape index (κ2) is 3.89. The van der Waals surface area contributed by atoms with E-state index in [1.54, 1.807) is 6.92 Å². The highest BCUT2D eigenvalue weighted by molar-refractivity contribution is 5.77. The Morgan fingerprint density at radius 2 is 1.91 bits per heavy atom. The number of ketones is 1. The summed E-state index contributed by atoms with van der Waals surface area (Å²) < 4.78 is 0. The molecule has 0 rings (SSSR count). The average Bonchev–Trinajstić information content (AvgIpc) is 1.87. The SMILES string of the molecule is CCC(C)(C)C[C@H](C)C(C)=O. The molecule has 0 aliphatic rings. The molecule has 0 aromatic heterocycles. The van der Waals surface area contributed by atoms with Crippen LogP contribution in [-0.2, 0) is 4.79 Å². The normalized spacial score (nSPS) is 14.6. The first-order chi connectivity index (χ1) is 4.89. The molecule has 66 valence electrons. The number of rotatable bonds is 4. The van der Waals surface area contributed by atoms with Gasteiger partial charge in [0.1, 0.15) is 5.78 Å². The Balaban J connectivity index is 3.93. The van der Waals surface area contributed by atoms with E-state index in [4.69, 9.17) is 0 Å². The zero-order valence-corrected chi connectivity index (χ0v) is 8.40. The Bertz CT molecular complexity index is 136. The molecule has 0 spiro atoms. The lowest BCUT2D eigenvalue weighted by molar-refractivity contribution is -0.121. The summed E-state index contributed by atoms with van der Waals surface area (Å²) in [6, 6.07) is 0. The molecule has 1 nitrogen and oxygen atoms in total. The molecule has 0 amide bonds. The highest BCUT2D eigenvalue weighted by atomic mass is 16.1. The third-order valence-corrected chi connectivity index (χ3v) is 2.51. The van der Waals surface area contributed by atoms with Crippen molar-refractivity contribution in [3.8, 4) is 0 Å². The maximum absolute atomic E-state index is 10.9. The molecule has 0 saturated heterocycles. The minimum Gasteiger partial charge on any atom is -0.300 e. The number of carbonyl (C=O) groups is 1. The van der Waals surface area contributed by atoms with Gasteiger partial charge in [-0.15, -0.1) is 0 Å². The molecule has 0 aliphatic carbocycles. The summed E-state index contributed by atoms with van der Waals surface area (Å²) in [4.78, 5) is 10.9. The third-order valence-electron chi connectivity index (χ3n) is 2.51. The van der Waals surface area contributed by atoms with Crippen molar-refractivity contribution < 1.29 is 4.79 Å². The van der Waals surface area contributed by atoms with Gasteiger partial charge in [-0.25, -0.2) is 0 Å². The van der Waals surface area contributed by atoms with Gasteiger partial charge in [0.15, 0.2) is 0 Å². The van der Waals surface area contributed by atoms with Gasteiger partial charge in [-0.3, -0.25) is 4.79 Å². The van der Waals surface area contributed by atoms with Crippen LogP contribution in [0.25, 0.3) is 0 Å². The summed E-state index contributed by atoms with van der Waals surface area (Å²) in [5.41, 5.74) is 0.324. The molecule has 11 heavy (non-hydrogen) atoms. The second-order valence-electron chi connectivity index (χ2n) is 4.23.